The molecule has 3 N–H and O–H groups in total. The van der Waals surface area contributed by atoms with E-state index in [0.29, 0.717) is 41.4 Å². The van der Waals surface area contributed by atoms with E-state index in [1.54, 1.807) is 0 Å². The van der Waals surface area contributed by atoms with E-state index >= 15 is 0 Å². The first-order chi connectivity index (χ1) is 15.0. The maximum absolute atomic E-state index is 12.0. The maximum Gasteiger partial charge on any atom is 0.266 e. The first kappa shape index (κ1) is 24.5. The fraction of sp³-hybridized carbons (Fsp3) is 0.960. The van der Waals surface area contributed by atoms with Gasteiger partial charge in [0.15, 0.2) is 0 Å². The predicted octanol–water partition coefficient (Wildman–Crippen LogP) is 4.18. The minimum Gasteiger partial charge on any atom is -0.393 e. The standard InChI is InChI=1S/C25H43NO5S/c1-24-12-4-3-6-18(24)16-21(27)23-19-10-9-17(25(19,2)13-11-20(23)24)7-5-8-22(28)26-14-15-32(29,30)31/h17-21,23,27H,3-16H2,1-2H3,(H,26,28)(H,29,30,31)/t17-,18?,19?,20?,21-,23?,24-,25+/m0/s1. The van der Waals surface area contributed by atoms with Crippen LogP contribution in [0.1, 0.15) is 90.9 Å². The van der Waals surface area contributed by atoms with Crippen molar-refractivity contribution in [1.29, 1.82) is 0 Å². The number of hydrogen-bond acceptors (Lipinski definition) is 4. The van der Waals surface area contributed by atoms with E-state index in [2.05, 4.69) is 19.2 Å². The van der Waals surface area contributed by atoms with E-state index in [4.69, 9.17) is 4.55 Å². The summed E-state index contributed by atoms with van der Waals surface area (Å²) >= 11 is 0. The number of aliphatic hydroxyl groups excluding tert-OH is 1. The van der Waals surface area contributed by atoms with Gasteiger partial charge in [-0.1, -0.05) is 26.7 Å². The van der Waals surface area contributed by atoms with Gasteiger partial charge in [-0.05, 0) is 98.2 Å². The highest BCUT2D eigenvalue weighted by Crippen LogP contribution is 2.67. The largest absolute Gasteiger partial charge is 0.393 e. The Morgan fingerprint density at radius 2 is 1.78 bits per heavy atom. The highest BCUT2D eigenvalue weighted by molar-refractivity contribution is 7.85. The van der Waals surface area contributed by atoms with Crippen molar-refractivity contribution in [2.75, 3.05) is 12.3 Å². The van der Waals surface area contributed by atoms with E-state index in [0.717, 1.165) is 19.3 Å². The quantitative estimate of drug-likeness (QED) is 0.485. The highest BCUT2D eigenvalue weighted by Gasteiger charge is 2.61. The predicted molar refractivity (Wildman–Crippen MR) is 125 cm³/mol. The van der Waals surface area contributed by atoms with Gasteiger partial charge >= 0.3 is 0 Å². The molecule has 8 atom stereocenters. The molecular formula is C25H43NO5S. The van der Waals surface area contributed by atoms with Gasteiger partial charge in [0.25, 0.3) is 10.1 Å². The van der Waals surface area contributed by atoms with Gasteiger partial charge < -0.3 is 10.4 Å². The van der Waals surface area contributed by atoms with Crippen molar-refractivity contribution in [2.45, 2.75) is 97.0 Å². The summed E-state index contributed by atoms with van der Waals surface area (Å²) in [6.45, 7) is 4.96. The second kappa shape index (κ2) is 9.18. The van der Waals surface area contributed by atoms with Gasteiger partial charge in [-0.15, -0.1) is 0 Å². The second-order valence-electron chi connectivity index (χ2n) is 11.9. The summed E-state index contributed by atoms with van der Waals surface area (Å²) in [4.78, 5) is 12.0. The zero-order valence-corrected chi connectivity index (χ0v) is 20.7. The van der Waals surface area contributed by atoms with Gasteiger partial charge in [-0.3, -0.25) is 9.35 Å². The maximum atomic E-state index is 12.0. The van der Waals surface area contributed by atoms with Crippen LogP contribution >= 0.6 is 0 Å². The Kier molecular flexibility index (Phi) is 7.02. The van der Waals surface area contributed by atoms with Crippen molar-refractivity contribution in [3.8, 4) is 0 Å². The molecule has 0 radical (unpaired) electrons. The van der Waals surface area contributed by atoms with Crippen molar-refractivity contribution in [3.63, 3.8) is 0 Å². The molecule has 1 amide bonds. The Bertz CT molecular complexity index is 800. The molecule has 0 aromatic carbocycles. The number of fused-ring (bicyclic) bond motifs is 5. The minimum absolute atomic E-state index is 0.0401. The molecule has 184 valence electrons. The van der Waals surface area contributed by atoms with Gasteiger partial charge in [0.2, 0.25) is 5.91 Å². The Hall–Kier alpha value is -0.660. The Labute approximate surface area is 194 Å². The van der Waals surface area contributed by atoms with Crippen molar-refractivity contribution in [3.05, 3.63) is 0 Å². The molecular weight excluding hydrogens is 426 g/mol. The van der Waals surface area contributed by atoms with Crippen LogP contribution in [0.4, 0.5) is 0 Å². The smallest absolute Gasteiger partial charge is 0.266 e. The molecule has 0 aliphatic heterocycles. The molecule has 32 heavy (non-hydrogen) atoms. The van der Waals surface area contributed by atoms with Crippen LogP contribution in [-0.2, 0) is 14.9 Å². The molecule has 7 heteroatoms. The average Bonchev–Trinajstić information content (AvgIpc) is 3.04. The molecule has 0 heterocycles. The fourth-order valence-electron chi connectivity index (χ4n) is 8.75. The molecule has 0 aromatic heterocycles. The van der Waals surface area contributed by atoms with Gasteiger partial charge in [0.1, 0.15) is 0 Å². The molecule has 4 aliphatic rings. The summed E-state index contributed by atoms with van der Waals surface area (Å²) in [7, 11) is -4.04. The van der Waals surface area contributed by atoms with Crippen molar-refractivity contribution < 1.29 is 22.9 Å². The first-order valence-electron chi connectivity index (χ1n) is 12.9. The topological polar surface area (TPSA) is 104 Å². The number of carbonyl (C=O) groups is 1. The average molecular weight is 470 g/mol. The lowest BCUT2D eigenvalue weighted by molar-refractivity contribution is -0.162. The van der Waals surface area contributed by atoms with Crippen LogP contribution in [-0.4, -0.2) is 42.4 Å². The Morgan fingerprint density at radius 3 is 2.53 bits per heavy atom. The van der Waals surface area contributed by atoms with Gasteiger partial charge in [-0.2, -0.15) is 8.42 Å². The lowest BCUT2D eigenvalue weighted by atomic mass is 9.44. The summed E-state index contributed by atoms with van der Waals surface area (Å²) in [6, 6.07) is 0. The van der Waals surface area contributed by atoms with Crippen LogP contribution in [0.25, 0.3) is 0 Å². The summed E-state index contributed by atoms with van der Waals surface area (Å²) in [6.07, 6.45) is 13.3. The van der Waals surface area contributed by atoms with E-state index < -0.39 is 15.9 Å². The molecule has 4 fully saturated rings. The fourth-order valence-corrected chi connectivity index (χ4v) is 9.11. The summed E-state index contributed by atoms with van der Waals surface area (Å²) in [5, 5.41) is 13.9. The van der Waals surface area contributed by atoms with E-state index in [-0.39, 0.29) is 24.0 Å². The zero-order valence-electron chi connectivity index (χ0n) is 19.9. The number of rotatable bonds is 7. The molecule has 4 aliphatic carbocycles. The third-order valence-electron chi connectivity index (χ3n) is 10.4. The van der Waals surface area contributed by atoms with Gasteiger partial charge in [0, 0.05) is 13.0 Å². The summed E-state index contributed by atoms with van der Waals surface area (Å²) < 4.78 is 30.3. The van der Waals surface area contributed by atoms with Crippen LogP contribution < -0.4 is 5.32 Å². The molecule has 6 nitrogen and oxygen atoms in total. The van der Waals surface area contributed by atoms with Gasteiger partial charge in [-0.25, -0.2) is 0 Å². The number of aliphatic hydroxyl groups is 1. The van der Waals surface area contributed by atoms with Crippen molar-refractivity contribution in [1.82, 2.24) is 5.32 Å². The van der Waals surface area contributed by atoms with Gasteiger partial charge in [0.05, 0.1) is 11.9 Å². The van der Waals surface area contributed by atoms with Crippen molar-refractivity contribution in [2.24, 2.45) is 40.4 Å². The molecule has 4 unspecified atom stereocenters. The number of carbonyl (C=O) groups excluding carboxylic acids is 1. The molecule has 0 spiro atoms. The van der Waals surface area contributed by atoms with Crippen molar-refractivity contribution >= 4 is 16.0 Å². The van der Waals surface area contributed by atoms with Crippen LogP contribution in [0.3, 0.4) is 0 Å². The molecule has 4 rings (SSSR count). The number of amides is 1. The Balaban J connectivity index is 1.34. The molecule has 0 bridgehead atoms. The normalized spacial score (nSPS) is 43.8. The van der Waals surface area contributed by atoms with Crippen LogP contribution in [0.2, 0.25) is 0 Å². The number of hydrogen-bond donors (Lipinski definition) is 3. The second-order valence-corrected chi connectivity index (χ2v) is 13.5. The number of nitrogens with one attached hydrogen (secondary N) is 1. The zero-order chi connectivity index (χ0) is 23.1. The molecule has 0 aromatic rings. The Morgan fingerprint density at radius 1 is 1.03 bits per heavy atom. The minimum atomic E-state index is -4.04. The van der Waals surface area contributed by atoms with Crippen LogP contribution in [0, 0.1) is 40.4 Å². The SMILES string of the molecule is C[C@]12CCCCC1C[C@H](O)C1C2CC[C@@]2(C)C1CC[C@@H]2CCCC(=O)NCCS(=O)(=O)O. The molecule has 0 saturated heterocycles. The lowest BCUT2D eigenvalue weighted by Crippen LogP contribution is -2.57. The van der Waals surface area contributed by atoms with E-state index in [1.165, 1.54) is 51.4 Å². The van der Waals surface area contributed by atoms with Crippen LogP contribution in [0.5, 0.6) is 0 Å². The summed E-state index contributed by atoms with van der Waals surface area (Å²) in [5.41, 5.74) is 0.684. The summed E-state index contributed by atoms with van der Waals surface area (Å²) in [5.74, 6) is 2.44. The third kappa shape index (κ3) is 4.63. The first-order valence-corrected chi connectivity index (χ1v) is 14.6. The monoisotopic (exact) mass is 469 g/mol. The van der Waals surface area contributed by atoms with Crippen LogP contribution in [0.15, 0.2) is 0 Å². The van der Waals surface area contributed by atoms with E-state index in [1.807, 2.05) is 0 Å². The third-order valence-corrected chi connectivity index (χ3v) is 11.2. The lowest BCUT2D eigenvalue weighted by Gasteiger charge is -2.62. The van der Waals surface area contributed by atoms with E-state index in [9.17, 15) is 18.3 Å². The highest BCUT2D eigenvalue weighted by atomic mass is 32.2. The molecule has 4 saturated carbocycles.